The minimum Gasteiger partial charge on any atom is -0.399 e. The van der Waals surface area contributed by atoms with E-state index in [1.807, 2.05) is 51.1 Å². The van der Waals surface area contributed by atoms with E-state index >= 15 is 0 Å². The molecule has 0 unspecified atom stereocenters. The molecule has 1 aliphatic carbocycles. The molecule has 32 heavy (non-hydrogen) atoms. The number of rotatable bonds is 3. The largest absolute Gasteiger partial charge is 0.399 e. The van der Waals surface area contributed by atoms with Gasteiger partial charge in [-0.25, -0.2) is 0 Å². The monoisotopic (exact) mass is 425 g/mol. The van der Waals surface area contributed by atoms with E-state index in [1.165, 1.54) is 27.8 Å². The van der Waals surface area contributed by atoms with Crippen LogP contribution in [0.15, 0.2) is 108 Å². The molecule has 0 bridgehead atoms. The van der Waals surface area contributed by atoms with Crippen LogP contribution in [0, 0.1) is 12.8 Å². The number of nitrogen functional groups attached to an aromatic ring is 1. The first-order chi connectivity index (χ1) is 15.2. The molecule has 0 amide bonds. The van der Waals surface area contributed by atoms with E-state index in [0.29, 0.717) is 5.92 Å². The van der Waals surface area contributed by atoms with Gasteiger partial charge < -0.3 is 5.73 Å². The number of nitrogens with two attached hydrogens (primary N) is 1. The molecule has 2 aromatic rings. The minimum absolute atomic E-state index is 0.579. The van der Waals surface area contributed by atoms with Gasteiger partial charge in [0.05, 0.1) is 0 Å². The molecular weight excluding hydrogens is 386 g/mol. The van der Waals surface area contributed by atoms with Crippen molar-refractivity contribution in [2.24, 2.45) is 0 Å². The van der Waals surface area contributed by atoms with Gasteiger partial charge in [-0.3, -0.25) is 0 Å². The van der Waals surface area contributed by atoms with Crippen molar-refractivity contribution in [1.82, 2.24) is 0 Å². The number of benzene rings is 2. The SMILES string of the molecule is C#C.C/C=C\C(C)=C/C.C=C1C=C(C)C1=C.CC(C)c1ccc(-c2cccc(N)c2)cc1. The van der Waals surface area contributed by atoms with Crippen LogP contribution in [-0.4, -0.2) is 0 Å². The van der Waals surface area contributed by atoms with E-state index in [9.17, 15) is 0 Å². The highest BCUT2D eigenvalue weighted by Crippen LogP contribution is 2.27. The average Bonchev–Trinajstić information content (AvgIpc) is 2.81. The molecule has 0 atom stereocenters. The maximum atomic E-state index is 5.77. The Kier molecular flexibility index (Phi) is 13.6. The summed E-state index contributed by atoms with van der Waals surface area (Å²) in [5, 5.41) is 0. The van der Waals surface area contributed by atoms with Crippen LogP contribution in [0.2, 0.25) is 0 Å². The highest BCUT2D eigenvalue weighted by Gasteiger charge is 2.08. The lowest BCUT2D eigenvalue weighted by atomic mass is 9.90. The third kappa shape index (κ3) is 10.0. The van der Waals surface area contributed by atoms with E-state index < -0.39 is 0 Å². The summed E-state index contributed by atoms with van der Waals surface area (Å²) in [5.74, 6) is 0.579. The Morgan fingerprint density at radius 2 is 1.56 bits per heavy atom. The summed E-state index contributed by atoms with van der Waals surface area (Å²) in [6, 6.07) is 16.7. The predicted octanol–water partition coefficient (Wildman–Crippen LogP) is 8.90. The minimum atomic E-state index is 0.579. The van der Waals surface area contributed by atoms with Crippen molar-refractivity contribution in [1.29, 1.82) is 0 Å². The van der Waals surface area contributed by atoms with E-state index in [4.69, 9.17) is 5.73 Å². The predicted molar refractivity (Wildman–Crippen MR) is 147 cm³/mol. The number of anilines is 1. The van der Waals surface area contributed by atoms with Crippen molar-refractivity contribution in [3.8, 4) is 24.0 Å². The second-order valence-electron chi connectivity index (χ2n) is 7.77. The Labute approximate surface area is 196 Å². The molecule has 2 N–H and O–H groups in total. The first-order valence-corrected chi connectivity index (χ1v) is 10.8. The molecule has 1 nitrogen and oxygen atoms in total. The molecule has 0 aliphatic heterocycles. The fourth-order valence-corrected chi connectivity index (χ4v) is 2.75. The summed E-state index contributed by atoms with van der Waals surface area (Å²) in [6.45, 7) is 20.1. The molecule has 3 rings (SSSR count). The Bertz CT molecular complexity index is 977. The van der Waals surface area contributed by atoms with E-state index in [1.54, 1.807) is 0 Å². The van der Waals surface area contributed by atoms with Gasteiger partial charge in [-0.15, -0.1) is 12.8 Å². The van der Waals surface area contributed by atoms with Gasteiger partial charge in [-0.2, -0.15) is 0 Å². The Morgan fingerprint density at radius 1 is 0.969 bits per heavy atom. The first-order valence-electron chi connectivity index (χ1n) is 10.8. The van der Waals surface area contributed by atoms with Gasteiger partial charge in [0.25, 0.3) is 0 Å². The van der Waals surface area contributed by atoms with Gasteiger partial charge >= 0.3 is 0 Å². The molecule has 168 valence electrons. The Morgan fingerprint density at radius 3 is 1.88 bits per heavy atom. The lowest BCUT2D eigenvalue weighted by Crippen LogP contribution is -1.96. The van der Waals surface area contributed by atoms with E-state index in [2.05, 4.69) is 89.3 Å². The number of hydrogen-bond acceptors (Lipinski definition) is 1. The van der Waals surface area contributed by atoms with Crippen LogP contribution in [0.1, 0.15) is 53.0 Å². The van der Waals surface area contributed by atoms with Crippen molar-refractivity contribution >= 4 is 5.69 Å². The van der Waals surface area contributed by atoms with Crippen LogP contribution >= 0.6 is 0 Å². The van der Waals surface area contributed by atoms with Gasteiger partial charge in [-0.1, -0.05) is 93.3 Å². The maximum Gasteiger partial charge on any atom is 0.0320 e. The zero-order valence-corrected chi connectivity index (χ0v) is 20.7. The fraction of sp³-hybridized carbons (Fsp3) is 0.226. The topological polar surface area (TPSA) is 26.0 Å². The molecule has 0 aromatic heterocycles. The van der Waals surface area contributed by atoms with Gasteiger partial charge in [0, 0.05) is 5.69 Å². The molecule has 0 fully saturated rings. The van der Waals surface area contributed by atoms with E-state index in [-0.39, 0.29) is 0 Å². The molecule has 0 saturated carbocycles. The summed E-state index contributed by atoms with van der Waals surface area (Å²) < 4.78 is 0. The van der Waals surface area contributed by atoms with Gasteiger partial charge in [0.2, 0.25) is 0 Å². The molecule has 1 aliphatic rings. The second kappa shape index (κ2) is 15.3. The second-order valence-corrected chi connectivity index (χ2v) is 7.77. The van der Waals surface area contributed by atoms with Crippen LogP contribution in [0.25, 0.3) is 11.1 Å². The van der Waals surface area contributed by atoms with Crippen molar-refractivity contribution in [3.05, 3.63) is 114 Å². The normalized spacial score (nSPS) is 12.4. The molecule has 0 heterocycles. The standard InChI is InChI=1S/C15H17N.C7H8.C7H12.C2H2/c1-11(2)12-6-8-13(9-7-12)14-4-3-5-15(16)10-14;1-5-4-6(2)7(5)3;1-4-6-7(3)5-2;1-2/h3-11H,16H2,1-2H3;4H,1,3H2,2H3;4-6H,1-3H3;1-2H/b;;6-4-,7-5-;. The van der Waals surface area contributed by atoms with Gasteiger partial charge in [0.15, 0.2) is 0 Å². The van der Waals surface area contributed by atoms with Crippen LogP contribution in [0.3, 0.4) is 0 Å². The number of hydrogen-bond donors (Lipinski definition) is 1. The quantitative estimate of drug-likeness (QED) is 0.296. The zero-order chi connectivity index (χ0) is 24.7. The van der Waals surface area contributed by atoms with Crippen molar-refractivity contribution in [2.75, 3.05) is 5.73 Å². The fourth-order valence-electron chi connectivity index (χ4n) is 2.75. The third-order valence-electron chi connectivity index (χ3n) is 4.94. The van der Waals surface area contributed by atoms with Crippen molar-refractivity contribution in [3.63, 3.8) is 0 Å². The smallest absolute Gasteiger partial charge is 0.0320 e. The van der Waals surface area contributed by atoms with Crippen molar-refractivity contribution < 1.29 is 0 Å². The molecular formula is C31H39N. The lowest BCUT2D eigenvalue weighted by molar-refractivity contribution is 0.867. The first kappa shape index (κ1) is 28.5. The van der Waals surface area contributed by atoms with Crippen molar-refractivity contribution in [2.45, 2.75) is 47.5 Å². The summed E-state index contributed by atoms with van der Waals surface area (Å²) in [6.07, 6.45) is 16.2. The zero-order valence-electron chi connectivity index (χ0n) is 20.7. The highest BCUT2D eigenvalue weighted by atomic mass is 14.5. The number of terminal acetylenes is 1. The summed E-state index contributed by atoms with van der Waals surface area (Å²) >= 11 is 0. The lowest BCUT2D eigenvalue weighted by Gasteiger charge is -2.15. The van der Waals surface area contributed by atoms with Gasteiger partial charge in [-0.05, 0) is 79.2 Å². The highest BCUT2D eigenvalue weighted by molar-refractivity contribution is 5.67. The average molecular weight is 426 g/mol. The maximum absolute atomic E-state index is 5.77. The molecule has 0 radical (unpaired) electrons. The Balaban J connectivity index is 0.000000501. The van der Waals surface area contributed by atoms with Crippen LogP contribution in [0.5, 0.6) is 0 Å². The van der Waals surface area contributed by atoms with Crippen LogP contribution in [0.4, 0.5) is 5.69 Å². The summed E-state index contributed by atoms with van der Waals surface area (Å²) in [4.78, 5) is 0. The molecule has 0 spiro atoms. The van der Waals surface area contributed by atoms with Crippen LogP contribution in [-0.2, 0) is 0 Å². The summed E-state index contributed by atoms with van der Waals surface area (Å²) in [7, 11) is 0. The summed E-state index contributed by atoms with van der Waals surface area (Å²) in [5.41, 5.74) is 15.1. The van der Waals surface area contributed by atoms with Crippen LogP contribution < -0.4 is 5.73 Å². The van der Waals surface area contributed by atoms with E-state index in [0.717, 1.165) is 16.8 Å². The third-order valence-corrected chi connectivity index (χ3v) is 4.94. The number of allylic oxidation sites excluding steroid dienone is 8. The molecule has 0 saturated heterocycles. The van der Waals surface area contributed by atoms with Gasteiger partial charge in [0.1, 0.15) is 0 Å². The molecule has 2 aromatic carbocycles. The molecule has 1 heteroatoms. The Hall–Kier alpha value is -3.50.